The van der Waals surface area contributed by atoms with Gasteiger partial charge in [-0.15, -0.1) is 0 Å². The summed E-state index contributed by atoms with van der Waals surface area (Å²) in [4.78, 5) is 45.4. The number of nitrogens with one attached hydrogen (secondary N) is 1. The Morgan fingerprint density at radius 2 is 1.95 bits per heavy atom. The van der Waals surface area contributed by atoms with Crippen LogP contribution in [0.2, 0.25) is 0 Å². The van der Waals surface area contributed by atoms with Gasteiger partial charge in [0.2, 0.25) is 5.95 Å². The topological polar surface area (TPSA) is 151 Å². The van der Waals surface area contributed by atoms with Crippen LogP contribution in [0.5, 0.6) is 0 Å². The molecular formula is C26H30N8O4. The molecule has 0 saturated carbocycles. The molecule has 1 N–H and O–H groups in total. The van der Waals surface area contributed by atoms with Crippen LogP contribution in [0, 0.1) is 22.7 Å². The van der Waals surface area contributed by atoms with E-state index in [1.165, 1.54) is 11.6 Å². The third-order valence-electron chi connectivity index (χ3n) is 6.33. The second kappa shape index (κ2) is 10.4. The van der Waals surface area contributed by atoms with Crippen LogP contribution in [-0.4, -0.2) is 49.5 Å². The summed E-state index contributed by atoms with van der Waals surface area (Å²) in [6, 6.07) is 10.9. The van der Waals surface area contributed by atoms with Gasteiger partial charge in [0, 0.05) is 26.2 Å². The van der Waals surface area contributed by atoms with E-state index in [1.54, 1.807) is 49.6 Å². The van der Waals surface area contributed by atoms with Crippen molar-refractivity contribution in [3.8, 4) is 12.1 Å². The van der Waals surface area contributed by atoms with Crippen molar-refractivity contribution in [3.05, 3.63) is 56.2 Å². The maximum atomic E-state index is 13.5. The number of carbonyl (C=O) groups is 1. The second-order valence-electron chi connectivity index (χ2n) is 10.3. The molecule has 0 aliphatic carbocycles. The number of benzene rings is 1. The fourth-order valence-corrected chi connectivity index (χ4v) is 4.65. The van der Waals surface area contributed by atoms with Crippen molar-refractivity contribution in [2.45, 2.75) is 58.3 Å². The average Bonchev–Trinajstić information content (AvgIpc) is 3.24. The summed E-state index contributed by atoms with van der Waals surface area (Å²) >= 11 is 0. The fourth-order valence-electron chi connectivity index (χ4n) is 4.65. The molecule has 1 aliphatic heterocycles. The van der Waals surface area contributed by atoms with Crippen molar-refractivity contribution in [1.29, 1.82) is 10.5 Å². The smallest absolute Gasteiger partial charge is 0.407 e. The number of nitriles is 2. The van der Waals surface area contributed by atoms with Crippen molar-refractivity contribution in [3.63, 3.8) is 0 Å². The van der Waals surface area contributed by atoms with Crippen LogP contribution in [0.1, 0.15) is 44.7 Å². The number of aromatic nitrogens is 4. The highest BCUT2D eigenvalue weighted by molar-refractivity contribution is 5.75. The molecule has 12 heteroatoms. The number of hydrogen-bond acceptors (Lipinski definition) is 8. The highest BCUT2D eigenvalue weighted by Gasteiger charge is 2.29. The third kappa shape index (κ3) is 5.25. The van der Waals surface area contributed by atoms with E-state index in [0.717, 1.165) is 17.4 Å². The minimum atomic E-state index is -0.638. The number of imidazole rings is 1. The lowest BCUT2D eigenvalue weighted by Gasteiger charge is -2.34. The van der Waals surface area contributed by atoms with Crippen molar-refractivity contribution < 1.29 is 9.53 Å². The Morgan fingerprint density at radius 1 is 1.21 bits per heavy atom. The fraction of sp³-hybridized carbons (Fsp3) is 0.462. The van der Waals surface area contributed by atoms with Gasteiger partial charge in [0.05, 0.1) is 24.2 Å². The molecule has 1 amide bonds. The molecule has 12 nitrogen and oxygen atoms in total. The first-order valence-electron chi connectivity index (χ1n) is 12.3. The number of carbonyl (C=O) groups excluding carboxylic acids is 1. The molecule has 0 spiro atoms. The van der Waals surface area contributed by atoms with E-state index in [9.17, 15) is 24.9 Å². The zero-order valence-corrected chi connectivity index (χ0v) is 21.9. The van der Waals surface area contributed by atoms with Crippen LogP contribution < -0.4 is 21.5 Å². The summed E-state index contributed by atoms with van der Waals surface area (Å²) in [5.74, 6) is 0.435. The Balaban J connectivity index is 1.82. The van der Waals surface area contributed by atoms with Crippen molar-refractivity contribution in [2.75, 3.05) is 18.0 Å². The number of ether oxygens (including phenoxy) is 1. The zero-order valence-electron chi connectivity index (χ0n) is 21.9. The van der Waals surface area contributed by atoms with Crippen LogP contribution in [0.4, 0.5) is 10.7 Å². The number of rotatable bonds is 5. The molecule has 1 atom stereocenters. The first-order valence-corrected chi connectivity index (χ1v) is 12.3. The SMILES string of the molecule is Cn1c(=O)n(CC#N)c(=O)c2c1nc(N1CCCC(NC(=O)OC(C)(C)C)C1)n2Cc1ccccc1C#N. The first kappa shape index (κ1) is 26.5. The molecular weight excluding hydrogens is 488 g/mol. The van der Waals surface area contributed by atoms with Gasteiger partial charge in [0.25, 0.3) is 5.56 Å². The van der Waals surface area contributed by atoms with E-state index >= 15 is 0 Å². The van der Waals surface area contributed by atoms with Gasteiger partial charge in [-0.2, -0.15) is 15.5 Å². The van der Waals surface area contributed by atoms with Gasteiger partial charge in [-0.3, -0.25) is 13.9 Å². The Morgan fingerprint density at radius 3 is 2.63 bits per heavy atom. The molecule has 1 unspecified atom stereocenters. The van der Waals surface area contributed by atoms with Crippen LogP contribution in [0.15, 0.2) is 33.9 Å². The van der Waals surface area contributed by atoms with Gasteiger partial charge < -0.3 is 15.0 Å². The summed E-state index contributed by atoms with van der Waals surface area (Å²) in [6.07, 6.45) is 0.971. The lowest BCUT2D eigenvalue weighted by Crippen LogP contribution is -2.49. The molecule has 3 heterocycles. The summed E-state index contributed by atoms with van der Waals surface area (Å²) in [6.45, 7) is 6.15. The molecule has 0 radical (unpaired) electrons. The van der Waals surface area contributed by atoms with Gasteiger partial charge in [-0.1, -0.05) is 18.2 Å². The number of nitrogens with zero attached hydrogens (tertiary/aromatic N) is 7. The largest absolute Gasteiger partial charge is 0.444 e. The number of anilines is 1. The molecule has 4 rings (SSSR count). The number of amides is 1. The molecule has 1 aromatic carbocycles. The molecule has 1 fully saturated rings. The maximum Gasteiger partial charge on any atom is 0.407 e. The molecule has 1 aliphatic rings. The Hall–Kier alpha value is -4.58. The van der Waals surface area contributed by atoms with Gasteiger partial charge in [-0.05, 0) is 45.2 Å². The summed E-state index contributed by atoms with van der Waals surface area (Å²) in [5.41, 5.74) is -0.428. The first-order chi connectivity index (χ1) is 18.0. The summed E-state index contributed by atoms with van der Waals surface area (Å²) < 4.78 is 9.23. The van der Waals surface area contributed by atoms with Crippen molar-refractivity contribution in [2.24, 2.45) is 7.05 Å². The van der Waals surface area contributed by atoms with Gasteiger partial charge in [0.15, 0.2) is 11.2 Å². The van der Waals surface area contributed by atoms with E-state index in [0.29, 0.717) is 30.2 Å². The highest BCUT2D eigenvalue weighted by Crippen LogP contribution is 2.25. The second-order valence-corrected chi connectivity index (χ2v) is 10.3. The number of fused-ring (bicyclic) bond motifs is 1. The molecule has 198 valence electrons. The van der Waals surface area contributed by atoms with Crippen molar-refractivity contribution in [1.82, 2.24) is 24.0 Å². The molecule has 2 aromatic heterocycles. The zero-order chi connectivity index (χ0) is 27.6. The minimum Gasteiger partial charge on any atom is -0.444 e. The van der Waals surface area contributed by atoms with Gasteiger partial charge >= 0.3 is 11.8 Å². The van der Waals surface area contributed by atoms with E-state index in [1.807, 2.05) is 11.0 Å². The average molecular weight is 519 g/mol. The van der Waals surface area contributed by atoms with Gasteiger partial charge in [-0.25, -0.2) is 14.2 Å². The summed E-state index contributed by atoms with van der Waals surface area (Å²) in [5, 5.41) is 21.8. The third-order valence-corrected chi connectivity index (χ3v) is 6.33. The molecule has 38 heavy (non-hydrogen) atoms. The van der Waals surface area contributed by atoms with Crippen LogP contribution in [0.3, 0.4) is 0 Å². The Labute approximate surface area is 219 Å². The monoisotopic (exact) mass is 518 g/mol. The quantitative estimate of drug-likeness (QED) is 0.537. The standard InChI is InChI=1S/C26H30N8O4/c1-26(2,3)38-24(36)29-19-10-7-12-32(16-19)23-30-21-20(22(35)33(13-11-27)25(37)31(21)4)34(23)15-18-9-6-5-8-17(18)14-28/h5-6,8-9,19H,7,10,12-13,15-16H2,1-4H3,(H,29,36). The Bertz CT molecular complexity index is 1580. The minimum absolute atomic E-state index is 0.149. The normalized spacial score (nSPS) is 15.6. The van der Waals surface area contributed by atoms with Crippen LogP contribution >= 0.6 is 0 Å². The number of alkyl carbamates (subject to hydrolysis) is 1. The predicted molar refractivity (Wildman–Crippen MR) is 140 cm³/mol. The van der Waals surface area contributed by atoms with E-state index in [2.05, 4.69) is 11.4 Å². The predicted octanol–water partition coefficient (Wildman–Crippen LogP) is 1.83. The number of piperidine rings is 1. The van der Waals surface area contributed by atoms with Crippen molar-refractivity contribution >= 4 is 23.2 Å². The van der Waals surface area contributed by atoms with Gasteiger partial charge in [0.1, 0.15) is 12.1 Å². The number of aryl methyl sites for hydroxylation is 1. The molecule has 0 bridgehead atoms. The molecule has 1 saturated heterocycles. The Kier molecular flexibility index (Phi) is 7.26. The lowest BCUT2D eigenvalue weighted by atomic mass is 10.1. The van der Waals surface area contributed by atoms with Crippen LogP contribution in [-0.2, 0) is 24.9 Å². The van der Waals surface area contributed by atoms with E-state index in [-0.39, 0.29) is 23.8 Å². The van der Waals surface area contributed by atoms with Crippen LogP contribution in [0.25, 0.3) is 11.2 Å². The van der Waals surface area contributed by atoms with E-state index in [4.69, 9.17) is 9.72 Å². The maximum absolute atomic E-state index is 13.5. The lowest BCUT2D eigenvalue weighted by molar-refractivity contribution is 0.0499. The molecule has 3 aromatic rings. The highest BCUT2D eigenvalue weighted by atomic mass is 16.6. The number of hydrogen-bond donors (Lipinski definition) is 1. The van der Waals surface area contributed by atoms with E-state index < -0.39 is 29.5 Å². The summed E-state index contributed by atoms with van der Waals surface area (Å²) in [7, 11) is 1.51.